The third-order valence-electron chi connectivity index (χ3n) is 2.92. The summed E-state index contributed by atoms with van der Waals surface area (Å²) in [6.45, 7) is 1.35. The minimum Gasteiger partial charge on any atom is -0.469 e. The van der Waals surface area contributed by atoms with Crippen molar-refractivity contribution >= 4 is 11.9 Å². The van der Waals surface area contributed by atoms with Crippen molar-refractivity contribution in [1.82, 2.24) is 4.90 Å². The number of methoxy groups -OCH3 is 1. The molecule has 0 radical (unpaired) electrons. The monoisotopic (exact) mass is 244 g/mol. The van der Waals surface area contributed by atoms with Crippen LogP contribution in [0.4, 0.5) is 0 Å². The summed E-state index contributed by atoms with van der Waals surface area (Å²) in [5, 5.41) is 0. The van der Waals surface area contributed by atoms with Crippen molar-refractivity contribution in [3.63, 3.8) is 0 Å². The van der Waals surface area contributed by atoms with E-state index >= 15 is 0 Å². The summed E-state index contributed by atoms with van der Waals surface area (Å²) in [5.41, 5.74) is 5.77. The molecule has 2 unspecified atom stereocenters. The van der Waals surface area contributed by atoms with Gasteiger partial charge < -0.3 is 20.1 Å². The molecule has 1 aliphatic rings. The van der Waals surface area contributed by atoms with Crippen molar-refractivity contribution in [2.24, 2.45) is 11.7 Å². The molecule has 0 aromatic carbocycles. The van der Waals surface area contributed by atoms with Gasteiger partial charge in [0.05, 0.1) is 26.2 Å². The molecule has 0 aliphatic carbocycles. The van der Waals surface area contributed by atoms with E-state index in [4.69, 9.17) is 10.5 Å². The molecule has 1 fully saturated rings. The number of carbonyl (C=O) groups is 2. The van der Waals surface area contributed by atoms with Gasteiger partial charge in [-0.05, 0) is 6.42 Å². The topological polar surface area (TPSA) is 81.9 Å². The molecule has 17 heavy (non-hydrogen) atoms. The molecule has 0 bridgehead atoms. The zero-order chi connectivity index (χ0) is 12.8. The summed E-state index contributed by atoms with van der Waals surface area (Å²) < 4.78 is 9.68. The largest absolute Gasteiger partial charge is 0.469 e. The molecule has 0 saturated carbocycles. The number of nitrogens with two attached hydrogens (primary N) is 1. The van der Waals surface area contributed by atoms with E-state index in [1.807, 2.05) is 0 Å². The fourth-order valence-electron chi connectivity index (χ4n) is 1.78. The second-order valence-corrected chi connectivity index (χ2v) is 4.25. The van der Waals surface area contributed by atoms with E-state index in [0.717, 1.165) is 0 Å². The first-order valence-corrected chi connectivity index (χ1v) is 5.71. The number of amides is 1. The second-order valence-electron chi connectivity index (χ2n) is 4.25. The van der Waals surface area contributed by atoms with Crippen molar-refractivity contribution in [2.45, 2.75) is 18.9 Å². The molecule has 0 aromatic rings. The third-order valence-corrected chi connectivity index (χ3v) is 2.92. The van der Waals surface area contributed by atoms with Crippen molar-refractivity contribution < 1.29 is 19.1 Å². The third kappa shape index (κ3) is 3.98. The summed E-state index contributed by atoms with van der Waals surface area (Å²) in [6.07, 6.45) is 0.916. The Kier molecular flexibility index (Phi) is 5.37. The first kappa shape index (κ1) is 13.9. The van der Waals surface area contributed by atoms with Gasteiger partial charge >= 0.3 is 5.97 Å². The van der Waals surface area contributed by atoms with Crippen molar-refractivity contribution in [3.05, 3.63) is 0 Å². The normalized spacial score (nSPS) is 23.5. The molecule has 0 aromatic heterocycles. The molecular formula is C11H20N2O4. The van der Waals surface area contributed by atoms with Crippen molar-refractivity contribution in [1.29, 1.82) is 0 Å². The zero-order valence-electron chi connectivity index (χ0n) is 10.3. The van der Waals surface area contributed by atoms with Gasteiger partial charge in [-0.3, -0.25) is 9.59 Å². The van der Waals surface area contributed by atoms with E-state index in [9.17, 15) is 9.59 Å². The van der Waals surface area contributed by atoms with Gasteiger partial charge in [-0.1, -0.05) is 0 Å². The average Bonchev–Trinajstić information content (AvgIpc) is 2.74. The lowest BCUT2D eigenvalue weighted by Crippen LogP contribution is -2.42. The van der Waals surface area contributed by atoms with E-state index in [2.05, 4.69) is 4.74 Å². The molecule has 1 heterocycles. The molecule has 98 valence electrons. The molecule has 1 amide bonds. The number of rotatable bonds is 5. The average molecular weight is 244 g/mol. The van der Waals surface area contributed by atoms with E-state index < -0.39 is 0 Å². The summed E-state index contributed by atoms with van der Waals surface area (Å²) in [4.78, 5) is 24.5. The number of hydrogen-bond acceptors (Lipinski definition) is 5. The minimum atomic E-state index is -0.258. The molecule has 6 heteroatoms. The number of nitrogens with zero attached hydrogens (tertiary/aromatic N) is 1. The number of hydrogen-bond donors (Lipinski definition) is 1. The maximum atomic E-state index is 12.0. The summed E-state index contributed by atoms with van der Waals surface area (Å²) >= 11 is 0. The van der Waals surface area contributed by atoms with Gasteiger partial charge in [0.2, 0.25) is 5.91 Å². The molecule has 2 atom stereocenters. The maximum absolute atomic E-state index is 12.0. The smallest absolute Gasteiger partial charge is 0.305 e. The predicted molar refractivity (Wildman–Crippen MR) is 61.2 cm³/mol. The summed E-state index contributed by atoms with van der Waals surface area (Å²) in [7, 11) is 3.07. The van der Waals surface area contributed by atoms with Gasteiger partial charge in [0, 0.05) is 26.1 Å². The van der Waals surface area contributed by atoms with Gasteiger partial charge in [0.15, 0.2) is 0 Å². The molecular weight excluding hydrogens is 224 g/mol. The Morgan fingerprint density at radius 2 is 2.18 bits per heavy atom. The molecule has 1 aliphatic heterocycles. The lowest BCUT2D eigenvalue weighted by molar-refractivity contribution is -0.141. The number of carbonyl (C=O) groups excluding carboxylic acids is 2. The summed E-state index contributed by atoms with van der Waals surface area (Å²) in [6, 6.07) is -0.217. The number of esters is 1. The van der Waals surface area contributed by atoms with Crippen LogP contribution in [0.1, 0.15) is 12.8 Å². The highest BCUT2D eigenvalue weighted by molar-refractivity contribution is 5.79. The van der Waals surface area contributed by atoms with Gasteiger partial charge in [-0.15, -0.1) is 0 Å². The van der Waals surface area contributed by atoms with Crippen LogP contribution >= 0.6 is 0 Å². The van der Waals surface area contributed by atoms with Gasteiger partial charge in [-0.25, -0.2) is 0 Å². The number of ether oxygens (including phenoxy) is 2. The fourth-order valence-corrected chi connectivity index (χ4v) is 1.78. The van der Waals surface area contributed by atoms with E-state index in [1.54, 1.807) is 11.9 Å². The Morgan fingerprint density at radius 3 is 2.71 bits per heavy atom. The van der Waals surface area contributed by atoms with Crippen LogP contribution in [0.2, 0.25) is 0 Å². The van der Waals surface area contributed by atoms with Gasteiger partial charge in [-0.2, -0.15) is 0 Å². The van der Waals surface area contributed by atoms with Gasteiger partial charge in [0.25, 0.3) is 0 Å². The van der Waals surface area contributed by atoms with E-state index in [0.29, 0.717) is 32.6 Å². The Balaban J connectivity index is 2.29. The van der Waals surface area contributed by atoms with Crippen LogP contribution in [0.5, 0.6) is 0 Å². The van der Waals surface area contributed by atoms with Crippen LogP contribution in [0.25, 0.3) is 0 Å². The molecule has 1 rings (SSSR count). The molecule has 6 nitrogen and oxygen atoms in total. The molecule has 2 N–H and O–H groups in total. The Morgan fingerprint density at radius 1 is 1.47 bits per heavy atom. The van der Waals surface area contributed by atoms with Gasteiger partial charge in [0.1, 0.15) is 0 Å². The molecule has 0 spiro atoms. The maximum Gasteiger partial charge on any atom is 0.305 e. The quantitative estimate of drug-likeness (QED) is 0.651. The van der Waals surface area contributed by atoms with E-state index in [1.165, 1.54) is 7.11 Å². The van der Waals surface area contributed by atoms with Crippen LogP contribution < -0.4 is 5.73 Å². The van der Waals surface area contributed by atoms with E-state index in [-0.39, 0.29) is 23.8 Å². The highest BCUT2D eigenvalue weighted by atomic mass is 16.5. The van der Waals surface area contributed by atoms with Crippen molar-refractivity contribution in [3.8, 4) is 0 Å². The highest BCUT2D eigenvalue weighted by Gasteiger charge is 2.33. The fraction of sp³-hybridized carbons (Fsp3) is 0.818. The predicted octanol–water partition coefficient (Wildman–Crippen LogP) is -0.628. The Bertz CT molecular complexity index is 283. The highest BCUT2D eigenvalue weighted by Crippen LogP contribution is 2.14. The first-order chi connectivity index (χ1) is 8.06. The van der Waals surface area contributed by atoms with Crippen LogP contribution in [-0.4, -0.2) is 56.7 Å². The zero-order valence-corrected chi connectivity index (χ0v) is 10.3. The van der Waals surface area contributed by atoms with Crippen molar-refractivity contribution in [2.75, 3.05) is 33.9 Å². The lowest BCUT2D eigenvalue weighted by atomic mass is 10.0. The Hall–Kier alpha value is -1.14. The second kappa shape index (κ2) is 6.56. The van der Waals surface area contributed by atoms with Crippen LogP contribution in [-0.2, 0) is 19.1 Å². The minimum absolute atomic E-state index is 0.0140. The molecule has 1 saturated heterocycles. The standard InChI is InChI=1S/C11H20N2O4/c1-13(5-3-4-10(14)16-2)11(15)8-6-17-7-9(8)12/h8-9H,3-7,12H2,1-2H3. The Labute approximate surface area is 101 Å². The van der Waals surface area contributed by atoms with Crippen LogP contribution in [0.15, 0.2) is 0 Å². The van der Waals surface area contributed by atoms with Crippen LogP contribution in [0, 0.1) is 5.92 Å². The summed E-state index contributed by atoms with van der Waals surface area (Å²) in [5.74, 6) is -0.523. The first-order valence-electron chi connectivity index (χ1n) is 5.71. The SMILES string of the molecule is COC(=O)CCCN(C)C(=O)C1COCC1N. The van der Waals surface area contributed by atoms with Crippen LogP contribution in [0.3, 0.4) is 0 Å². The lowest BCUT2D eigenvalue weighted by Gasteiger charge is -2.22.